The second-order valence-electron chi connectivity index (χ2n) is 4.07. The first kappa shape index (κ1) is 12.8. The first-order valence-electron chi connectivity index (χ1n) is 5.41. The Bertz CT molecular complexity index is 606. The number of rotatable bonds is 2. The molecule has 2 aromatic rings. The van der Waals surface area contributed by atoms with Crippen LogP contribution in [0.2, 0.25) is 0 Å². The van der Waals surface area contributed by atoms with Gasteiger partial charge in [0.15, 0.2) is 0 Å². The van der Waals surface area contributed by atoms with Crippen molar-refractivity contribution in [2.24, 2.45) is 7.05 Å². The third-order valence-electron chi connectivity index (χ3n) is 2.51. The van der Waals surface area contributed by atoms with Crippen molar-refractivity contribution >= 4 is 27.7 Å². The van der Waals surface area contributed by atoms with Crippen LogP contribution in [0.25, 0.3) is 0 Å². The number of amides is 1. The van der Waals surface area contributed by atoms with E-state index in [-0.39, 0.29) is 5.91 Å². The number of nitrogens with zero attached hydrogens (tertiary/aromatic N) is 3. The fourth-order valence-corrected chi connectivity index (χ4v) is 2.11. The smallest absolute Gasteiger partial charge is 0.275 e. The molecule has 18 heavy (non-hydrogen) atoms. The van der Waals surface area contributed by atoms with Crippen LogP contribution in [0.4, 0.5) is 5.82 Å². The van der Waals surface area contributed by atoms with Crippen molar-refractivity contribution in [1.82, 2.24) is 14.8 Å². The molecule has 2 aromatic heterocycles. The van der Waals surface area contributed by atoms with Gasteiger partial charge < -0.3 is 5.32 Å². The first-order valence-corrected chi connectivity index (χ1v) is 6.21. The van der Waals surface area contributed by atoms with Crippen molar-refractivity contribution in [2.45, 2.75) is 13.8 Å². The fourth-order valence-electron chi connectivity index (χ4n) is 1.67. The zero-order valence-corrected chi connectivity index (χ0v) is 11.9. The van der Waals surface area contributed by atoms with Crippen molar-refractivity contribution in [3.63, 3.8) is 0 Å². The highest BCUT2D eigenvalue weighted by Gasteiger charge is 2.13. The molecule has 0 radical (unpaired) electrons. The molecular formula is C12H13BrN4O. The molecule has 0 aliphatic rings. The van der Waals surface area contributed by atoms with Crippen LogP contribution in [0.1, 0.15) is 21.7 Å². The zero-order valence-electron chi connectivity index (χ0n) is 10.4. The highest BCUT2D eigenvalue weighted by Crippen LogP contribution is 2.17. The van der Waals surface area contributed by atoms with Gasteiger partial charge in [0.2, 0.25) is 0 Å². The molecule has 5 nitrogen and oxygen atoms in total. The maximum absolute atomic E-state index is 12.1. The minimum Gasteiger partial charge on any atom is -0.305 e. The van der Waals surface area contributed by atoms with Gasteiger partial charge in [-0.2, -0.15) is 5.10 Å². The SMILES string of the molecule is Cc1cc(C(=O)Nc2ncc(Br)cc2C)n(C)n1. The van der Waals surface area contributed by atoms with Crippen LogP contribution < -0.4 is 5.32 Å². The molecule has 0 atom stereocenters. The largest absolute Gasteiger partial charge is 0.305 e. The van der Waals surface area contributed by atoms with Crippen LogP contribution in [0.15, 0.2) is 22.8 Å². The summed E-state index contributed by atoms with van der Waals surface area (Å²) in [4.78, 5) is 16.2. The zero-order chi connectivity index (χ0) is 13.3. The van der Waals surface area contributed by atoms with Gasteiger partial charge in [-0.15, -0.1) is 0 Å². The molecule has 2 heterocycles. The number of pyridine rings is 1. The highest BCUT2D eigenvalue weighted by atomic mass is 79.9. The molecule has 0 spiro atoms. The lowest BCUT2D eigenvalue weighted by molar-refractivity contribution is 0.101. The van der Waals surface area contributed by atoms with E-state index < -0.39 is 0 Å². The Hall–Kier alpha value is -1.69. The van der Waals surface area contributed by atoms with Gasteiger partial charge >= 0.3 is 0 Å². The number of hydrogen-bond acceptors (Lipinski definition) is 3. The van der Waals surface area contributed by atoms with E-state index in [1.165, 1.54) is 0 Å². The van der Waals surface area contributed by atoms with Gasteiger partial charge in [-0.3, -0.25) is 9.48 Å². The molecule has 0 bridgehead atoms. The third-order valence-corrected chi connectivity index (χ3v) is 2.95. The quantitative estimate of drug-likeness (QED) is 0.927. The van der Waals surface area contributed by atoms with Crippen LogP contribution >= 0.6 is 15.9 Å². The number of halogens is 1. The number of carbonyl (C=O) groups is 1. The maximum atomic E-state index is 12.1. The Balaban J connectivity index is 2.24. The third kappa shape index (κ3) is 2.59. The van der Waals surface area contributed by atoms with E-state index >= 15 is 0 Å². The van der Waals surface area contributed by atoms with E-state index in [0.29, 0.717) is 11.5 Å². The molecule has 0 saturated carbocycles. The monoisotopic (exact) mass is 308 g/mol. The highest BCUT2D eigenvalue weighted by molar-refractivity contribution is 9.10. The molecule has 94 valence electrons. The van der Waals surface area contributed by atoms with Crippen molar-refractivity contribution in [1.29, 1.82) is 0 Å². The predicted octanol–water partition coefficient (Wildman–Crippen LogP) is 2.45. The normalized spacial score (nSPS) is 10.4. The second-order valence-corrected chi connectivity index (χ2v) is 4.98. The summed E-state index contributed by atoms with van der Waals surface area (Å²) >= 11 is 3.33. The molecule has 1 amide bonds. The number of carbonyl (C=O) groups excluding carboxylic acids is 1. The lowest BCUT2D eigenvalue weighted by atomic mass is 10.3. The Labute approximate surface area is 113 Å². The number of anilines is 1. The molecule has 0 fully saturated rings. The van der Waals surface area contributed by atoms with Crippen LogP contribution in [0.3, 0.4) is 0 Å². The summed E-state index contributed by atoms with van der Waals surface area (Å²) in [6.07, 6.45) is 1.65. The van der Waals surface area contributed by atoms with Gasteiger partial charge in [-0.05, 0) is 47.5 Å². The molecular weight excluding hydrogens is 296 g/mol. The Morgan fingerprint density at radius 2 is 2.11 bits per heavy atom. The lowest BCUT2D eigenvalue weighted by Crippen LogP contribution is -2.17. The molecule has 2 rings (SSSR count). The van der Waals surface area contributed by atoms with Gasteiger partial charge in [0.05, 0.1) is 5.69 Å². The van der Waals surface area contributed by atoms with Crippen molar-refractivity contribution in [2.75, 3.05) is 5.32 Å². The average Bonchev–Trinajstić information content (AvgIpc) is 2.62. The van der Waals surface area contributed by atoms with Gasteiger partial charge in [-0.25, -0.2) is 4.98 Å². The lowest BCUT2D eigenvalue weighted by Gasteiger charge is -2.07. The molecule has 0 aromatic carbocycles. The number of hydrogen-bond donors (Lipinski definition) is 1. The molecule has 0 unspecified atom stereocenters. The van der Waals surface area contributed by atoms with Gasteiger partial charge in [0, 0.05) is 17.7 Å². The maximum Gasteiger partial charge on any atom is 0.275 e. The summed E-state index contributed by atoms with van der Waals surface area (Å²) in [5.41, 5.74) is 2.22. The van der Waals surface area contributed by atoms with E-state index in [1.54, 1.807) is 24.0 Å². The van der Waals surface area contributed by atoms with E-state index in [4.69, 9.17) is 0 Å². The summed E-state index contributed by atoms with van der Waals surface area (Å²) in [5, 5.41) is 6.91. The second kappa shape index (κ2) is 4.89. The van der Waals surface area contributed by atoms with E-state index in [2.05, 4.69) is 31.3 Å². The number of nitrogens with one attached hydrogen (secondary N) is 1. The molecule has 1 N–H and O–H groups in total. The summed E-state index contributed by atoms with van der Waals surface area (Å²) in [6.45, 7) is 3.74. The number of aryl methyl sites for hydroxylation is 3. The summed E-state index contributed by atoms with van der Waals surface area (Å²) in [5.74, 6) is 0.345. The molecule has 0 aliphatic carbocycles. The van der Waals surface area contributed by atoms with Gasteiger partial charge in [0.25, 0.3) is 5.91 Å². The topological polar surface area (TPSA) is 59.8 Å². The predicted molar refractivity (Wildman–Crippen MR) is 72.6 cm³/mol. The van der Waals surface area contributed by atoms with Crippen molar-refractivity contribution < 1.29 is 4.79 Å². The Morgan fingerprint density at radius 1 is 1.39 bits per heavy atom. The Kier molecular flexibility index (Phi) is 3.47. The fraction of sp³-hybridized carbons (Fsp3) is 0.250. The van der Waals surface area contributed by atoms with Gasteiger partial charge in [-0.1, -0.05) is 0 Å². The minimum absolute atomic E-state index is 0.212. The van der Waals surface area contributed by atoms with Crippen molar-refractivity contribution in [3.05, 3.63) is 39.8 Å². The van der Waals surface area contributed by atoms with Crippen LogP contribution in [-0.2, 0) is 7.05 Å². The van der Waals surface area contributed by atoms with Crippen LogP contribution in [-0.4, -0.2) is 20.7 Å². The summed E-state index contributed by atoms with van der Waals surface area (Å²) in [6, 6.07) is 3.64. The van der Waals surface area contributed by atoms with E-state index in [0.717, 1.165) is 15.7 Å². The first-order chi connectivity index (χ1) is 8.47. The van der Waals surface area contributed by atoms with E-state index in [1.807, 2.05) is 19.9 Å². The van der Waals surface area contributed by atoms with Gasteiger partial charge in [0.1, 0.15) is 11.5 Å². The Morgan fingerprint density at radius 3 is 2.67 bits per heavy atom. The molecule has 0 aliphatic heterocycles. The molecule has 6 heteroatoms. The van der Waals surface area contributed by atoms with Crippen molar-refractivity contribution in [3.8, 4) is 0 Å². The summed E-state index contributed by atoms with van der Waals surface area (Å²) < 4.78 is 2.44. The van der Waals surface area contributed by atoms with Crippen LogP contribution in [0.5, 0.6) is 0 Å². The molecule has 0 saturated heterocycles. The number of aromatic nitrogens is 3. The average molecular weight is 309 g/mol. The minimum atomic E-state index is -0.212. The summed E-state index contributed by atoms with van der Waals surface area (Å²) in [7, 11) is 1.74. The standard InChI is InChI=1S/C12H13BrN4O/c1-7-4-9(13)6-14-11(7)15-12(18)10-5-8(2)16-17(10)3/h4-6H,1-3H3,(H,14,15,18). The van der Waals surface area contributed by atoms with E-state index in [9.17, 15) is 4.79 Å². The van der Waals surface area contributed by atoms with Crippen LogP contribution in [0, 0.1) is 13.8 Å².